The normalized spacial score (nSPS) is 26.5. The van der Waals surface area contributed by atoms with Crippen molar-refractivity contribution in [2.75, 3.05) is 45.9 Å². The van der Waals surface area contributed by atoms with Crippen LogP contribution in [0.2, 0.25) is 0 Å². The van der Waals surface area contributed by atoms with Crippen molar-refractivity contribution in [2.24, 2.45) is 10.4 Å². The Morgan fingerprint density at radius 2 is 1.90 bits per heavy atom. The lowest BCUT2D eigenvalue weighted by Gasteiger charge is -2.61. The molecular weight excluding hydrogens is 481 g/mol. The third kappa shape index (κ3) is 5.76. The van der Waals surface area contributed by atoms with Crippen LogP contribution in [-0.2, 0) is 9.53 Å². The Labute approximate surface area is 193 Å². The number of rotatable bonds is 7. The molecule has 3 rings (SSSR count). The zero-order valence-corrected chi connectivity index (χ0v) is 20.9. The Hall–Kier alpha value is -0.610. The largest absolute Gasteiger partial charge is 0.378 e. The van der Waals surface area contributed by atoms with Gasteiger partial charge in [0, 0.05) is 56.8 Å². The molecular formula is C21H40IN5O2. The maximum absolute atomic E-state index is 12.0. The van der Waals surface area contributed by atoms with Crippen LogP contribution in [0.1, 0.15) is 53.4 Å². The number of guanidine groups is 1. The highest BCUT2D eigenvalue weighted by atomic mass is 127. The summed E-state index contributed by atoms with van der Waals surface area (Å²) in [5.74, 6) is 1.16. The monoisotopic (exact) mass is 521 g/mol. The highest BCUT2D eigenvalue weighted by molar-refractivity contribution is 14.0. The molecule has 0 aromatic carbocycles. The van der Waals surface area contributed by atoms with E-state index >= 15 is 0 Å². The minimum atomic E-state index is 0. The van der Waals surface area contributed by atoms with E-state index in [1.165, 1.54) is 19.3 Å². The van der Waals surface area contributed by atoms with Crippen molar-refractivity contribution >= 4 is 35.8 Å². The maximum Gasteiger partial charge on any atom is 0.234 e. The highest BCUT2D eigenvalue weighted by Crippen LogP contribution is 2.57. The second-order valence-electron chi connectivity index (χ2n) is 8.75. The smallest absolute Gasteiger partial charge is 0.234 e. The van der Waals surface area contributed by atoms with Gasteiger partial charge in [-0.3, -0.25) is 14.7 Å². The van der Waals surface area contributed by atoms with E-state index in [9.17, 15) is 4.79 Å². The minimum Gasteiger partial charge on any atom is -0.378 e. The standard InChI is InChI=1S/C21H39N5O2.HI/c1-5-22-20(24-17-14-18(28-6-2)21(17)8-7-9-21)26-12-10-25(11-13-26)15-19(27)23-16(3)4;/h16-18H,5-15H2,1-4H3,(H,22,24)(H,23,27);1H. The second-order valence-corrected chi connectivity index (χ2v) is 8.75. The van der Waals surface area contributed by atoms with Crippen LogP contribution in [0, 0.1) is 5.41 Å². The molecule has 2 unspecified atom stereocenters. The van der Waals surface area contributed by atoms with Crippen LogP contribution >= 0.6 is 24.0 Å². The van der Waals surface area contributed by atoms with Crippen molar-refractivity contribution in [1.82, 2.24) is 20.4 Å². The van der Waals surface area contributed by atoms with Crippen LogP contribution < -0.4 is 10.6 Å². The quantitative estimate of drug-likeness (QED) is 0.305. The molecule has 2 saturated carbocycles. The van der Waals surface area contributed by atoms with Crippen LogP contribution in [0.25, 0.3) is 0 Å². The van der Waals surface area contributed by atoms with Crippen molar-refractivity contribution in [3.8, 4) is 0 Å². The van der Waals surface area contributed by atoms with Crippen molar-refractivity contribution in [3.05, 3.63) is 0 Å². The number of aliphatic imine (C=N–C) groups is 1. The Kier molecular flexibility index (Phi) is 9.47. The molecule has 3 fully saturated rings. The molecule has 2 N–H and O–H groups in total. The number of hydrogen-bond acceptors (Lipinski definition) is 4. The van der Waals surface area contributed by atoms with Gasteiger partial charge in [0.15, 0.2) is 5.96 Å². The molecule has 1 amide bonds. The van der Waals surface area contributed by atoms with E-state index in [4.69, 9.17) is 9.73 Å². The van der Waals surface area contributed by atoms with Gasteiger partial charge in [-0.05, 0) is 47.0 Å². The van der Waals surface area contributed by atoms with E-state index in [1.807, 2.05) is 13.8 Å². The molecule has 168 valence electrons. The van der Waals surface area contributed by atoms with Gasteiger partial charge in [-0.25, -0.2) is 0 Å². The van der Waals surface area contributed by atoms with Gasteiger partial charge in [-0.1, -0.05) is 6.42 Å². The van der Waals surface area contributed by atoms with E-state index in [0.717, 1.165) is 51.7 Å². The summed E-state index contributed by atoms with van der Waals surface area (Å²) in [5.41, 5.74) is 0.335. The number of nitrogens with zero attached hydrogens (tertiary/aromatic N) is 3. The SMILES string of the molecule is CCN=C(NC1CC(OCC)C12CCC2)N1CCN(CC(=O)NC(C)C)CC1.I. The first-order chi connectivity index (χ1) is 13.5. The Morgan fingerprint density at radius 3 is 2.41 bits per heavy atom. The Balaban J connectivity index is 0.00000300. The molecule has 1 aliphatic heterocycles. The average Bonchev–Trinajstić information content (AvgIpc) is 2.58. The molecule has 1 heterocycles. The summed E-state index contributed by atoms with van der Waals surface area (Å²) < 4.78 is 5.99. The minimum absolute atomic E-state index is 0. The zero-order valence-electron chi connectivity index (χ0n) is 18.6. The average molecular weight is 521 g/mol. The Morgan fingerprint density at radius 1 is 1.21 bits per heavy atom. The molecule has 1 spiro atoms. The van der Waals surface area contributed by atoms with E-state index in [-0.39, 0.29) is 35.9 Å². The first kappa shape index (κ1) is 24.7. The number of hydrogen-bond donors (Lipinski definition) is 2. The van der Waals surface area contributed by atoms with Gasteiger partial charge in [-0.2, -0.15) is 0 Å². The predicted octanol–water partition coefficient (Wildman–Crippen LogP) is 2.06. The van der Waals surface area contributed by atoms with Crippen molar-refractivity contribution in [1.29, 1.82) is 0 Å². The van der Waals surface area contributed by atoms with Crippen LogP contribution in [0.15, 0.2) is 4.99 Å². The zero-order chi connectivity index (χ0) is 20.1. The number of carbonyl (C=O) groups excluding carboxylic acids is 1. The number of ether oxygens (including phenoxy) is 1. The molecule has 8 heteroatoms. The van der Waals surface area contributed by atoms with Crippen molar-refractivity contribution in [2.45, 2.75) is 71.6 Å². The van der Waals surface area contributed by atoms with E-state index in [1.54, 1.807) is 0 Å². The van der Waals surface area contributed by atoms with Gasteiger partial charge >= 0.3 is 0 Å². The fourth-order valence-electron chi connectivity index (χ4n) is 4.87. The topological polar surface area (TPSA) is 69.2 Å². The van der Waals surface area contributed by atoms with Gasteiger partial charge in [0.1, 0.15) is 0 Å². The first-order valence-corrected chi connectivity index (χ1v) is 11.2. The second kappa shape index (κ2) is 11.1. The number of carbonyl (C=O) groups is 1. The lowest BCUT2D eigenvalue weighted by Crippen LogP contribution is -2.69. The molecule has 0 aromatic rings. The number of piperazine rings is 1. The summed E-state index contributed by atoms with van der Waals surface area (Å²) in [4.78, 5) is 21.4. The maximum atomic E-state index is 12.0. The van der Waals surface area contributed by atoms with Gasteiger partial charge in [-0.15, -0.1) is 24.0 Å². The van der Waals surface area contributed by atoms with Crippen LogP contribution in [-0.4, -0.2) is 85.7 Å². The molecule has 0 radical (unpaired) electrons. The lowest BCUT2D eigenvalue weighted by molar-refractivity contribution is -0.169. The molecule has 2 aliphatic carbocycles. The van der Waals surface area contributed by atoms with E-state index in [0.29, 0.717) is 24.1 Å². The third-order valence-corrected chi connectivity index (χ3v) is 6.54. The van der Waals surface area contributed by atoms with Gasteiger partial charge in [0.25, 0.3) is 0 Å². The number of halogens is 1. The van der Waals surface area contributed by atoms with Crippen molar-refractivity contribution < 1.29 is 9.53 Å². The highest BCUT2D eigenvalue weighted by Gasteiger charge is 2.59. The molecule has 7 nitrogen and oxygen atoms in total. The third-order valence-electron chi connectivity index (χ3n) is 6.54. The molecule has 29 heavy (non-hydrogen) atoms. The molecule has 0 bridgehead atoms. The van der Waals surface area contributed by atoms with Crippen LogP contribution in [0.5, 0.6) is 0 Å². The fraction of sp³-hybridized carbons (Fsp3) is 0.905. The summed E-state index contributed by atoms with van der Waals surface area (Å²) in [6.45, 7) is 13.9. The number of amides is 1. The van der Waals surface area contributed by atoms with E-state index in [2.05, 4.69) is 34.3 Å². The lowest BCUT2D eigenvalue weighted by atomic mass is 9.51. The predicted molar refractivity (Wildman–Crippen MR) is 128 cm³/mol. The van der Waals surface area contributed by atoms with E-state index < -0.39 is 0 Å². The van der Waals surface area contributed by atoms with Gasteiger partial charge < -0.3 is 20.3 Å². The number of nitrogens with one attached hydrogen (secondary N) is 2. The summed E-state index contributed by atoms with van der Waals surface area (Å²) in [5, 5.41) is 6.76. The summed E-state index contributed by atoms with van der Waals surface area (Å²) >= 11 is 0. The molecule has 1 saturated heterocycles. The fourth-order valence-corrected chi connectivity index (χ4v) is 4.87. The summed E-state index contributed by atoms with van der Waals surface area (Å²) in [7, 11) is 0. The van der Waals surface area contributed by atoms with Crippen LogP contribution in [0.3, 0.4) is 0 Å². The molecule has 0 aromatic heterocycles. The summed E-state index contributed by atoms with van der Waals surface area (Å²) in [6.07, 6.45) is 5.37. The Bertz CT molecular complexity index is 559. The van der Waals surface area contributed by atoms with Crippen molar-refractivity contribution in [3.63, 3.8) is 0 Å². The van der Waals surface area contributed by atoms with Crippen LogP contribution in [0.4, 0.5) is 0 Å². The molecule has 2 atom stereocenters. The molecule has 3 aliphatic rings. The summed E-state index contributed by atoms with van der Waals surface area (Å²) in [6, 6.07) is 0.682. The van der Waals surface area contributed by atoms with Gasteiger partial charge in [0.2, 0.25) is 5.91 Å². The van der Waals surface area contributed by atoms with Gasteiger partial charge in [0.05, 0.1) is 12.6 Å². The first-order valence-electron chi connectivity index (χ1n) is 11.2.